The van der Waals surface area contributed by atoms with Crippen molar-refractivity contribution in [3.63, 3.8) is 0 Å². The van der Waals surface area contributed by atoms with Gasteiger partial charge in [0, 0.05) is 6.61 Å². The number of methoxy groups -OCH3 is 1. The fourth-order valence-corrected chi connectivity index (χ4v) is 1.78. The number of fused-ring (bicyclic) bond motifs is 1. The Morgan fingerprint density at radius 3 is 2.30 bits per heavy atom. The molecule has 0 saturated heterocycles. The average Bonchev–Trinajstić information content (AvgIpc) is 2.46. The van der Waals surface area contributed by atoms with Crippen LogP contribution in [0.15, 0.2) is 36.4 Å². The Morgan fingerprint density at radius 2 is 1.75 bits per heavy atom. The number of aliphatic hydroxyl groups is 1. The molecule has 0 aromatic heterocycles. The Morgan fingerprint density at radius 1 is 1.20 bits per heavy atom. The summed E-state index contributed by atoms with van der Waals surface area (Å²) in [5, 5.41) is 18.6. The highest BCUT2D eigenvalue weighted by atomic mass is 16.5. The van der Waals surface area contributed by atoms with Gasteiger partial charge in [0.15, 0.2) is 0 Å². The summed E-state index contributed by atoms with van der Waals surface area (Å²) in [7, 11) is 1.63. The van der Waals surface area contributed by atoms with Gasteiger partial charge in [-0.1, -0.05) is 24.3 Å². The van der Waals surface area contributed by atoms with Crippen LogP contribution in [-0.4, -0.2) is 29.9 Å². The maximum absolute atomic E-state index is 10.9. The van der Waals surface area contributed by atoms with Crippen LogP contribution in [0.5, 0.6) is 5.75 Å². The number of aliphatic carboxylic acids is 1. The monoisotopic (exact) mass is 276 g/mol. The molecule has 4 nitrogen and oxygen atoms in total. The molecule has 2 aromatic rings. The summed E-state index contributed by atoms with van der Waals surface area (Å²) in [6.45, 7) is 3.62. The molecule has 0 heterocycles. The Balaban J connectivity index is 0.000000612. The van der Waals surface area contributed by atoms with Gasteiger partial charge in [0.05, 0.1) is 13.0 Å². The minimum Gasteiger partial charge on any atom is -0.497 e. The van der Waals surface area contributed by atoms with E-state index in [1.54, 1.807) is 21.0 Å². The molecule has 4 heteroatoms. The van der Waals surface area contributed by atoms with Crippen LogP contribution >= 0.6 is 0 Å². The van der Waals surface area contributed by atoms with Crippen LogP contribution in [0.2, 0.25) is 0 Å². The molecular weight excluding hydrogens is 256 g/mol. The summed E-state index contributed by atoms with van der Waals surface area (Å²) < 4.78 is 5.14. The third kappa shape index (κ3) is 3.96. The smallest absolute Gasteiger partial charge is 0.310 e. The Hall–Kier alpha value is -2.07. The van der Waals surface area contributed by atoms with Crippen molar-refractivity contribution in [2.75, 3.05) is 13.7 Å². The lowest BCUT2D eigenvalue weighted by molar-refractivity contribution is -0.138. The normalized spacial score (nSPS) is 11.4. The summed E-state index contributed by atoms with van der Waals surface area (Å²) >= 11 is 0. The van der Waals surface area contributed by atoms with Gasteiger partial charge in [-0.2, -0.15) is 0 Å². The van der Waals surface area contributed by atoms with Crippen molar-refractivity contribution < 1.29 is 19.7 Å². The van der Waals surface area contributed by atoms with Crippen LogP contribution in [0.25, 0.3) is 10.8 Å². The summed E-state index contributed by atoms with van der Waals surface area (Å²) in [6.07, 6.45) is 0. The molecular formula is C16H20O4. The lowest BCUT2D eigenvalue weighted by atomic mass is 9.98. The first-order chi connectivity index (χ1) is 9.53. The summed E-state index contributed by atoms with van der Waals surface area (Å²) in [4.78, 5) is 10.9. The van der Waals surface area contributed by atoms with Gasteiger partial charge in [-0.3, -0.25) is 4.79 Å². The first-order valence-corrected chi connectivity index (χ1v) is 6.44. The van der Waals surface area contributed by atoms with Gasteiger partial charge in [0.2, 0.25) is 0 Å². The molecule has 0 aliphatic carbocycles. The van der Waals surface area contributed by atoms with E-state index in [0.717, 1.165) is 22.1 Å². The van der Waals surface area contributed by atoms with Crippen LogP contribution in [-0.2, 0) is 4.79 Å². The predicted octanol–water partition coefficient (Wildman–Crippen LogP) is 3.04. The zero-order chi connectivity index (χ0) is 15.1. The van der Waals surface area contributed by atoms with Crippen molar-refractivity contribution in [2.45, 2.75) is 19.8 Å². The third-order valence-electron chi connectivity index (χ3n) is 2.94. The van der Waals surface area contributed by atoms with Gasteiger partial charge in [-0.15, -0.1) is 0 Å². The van der Waals surface area contributed by atoms with Crippen molar-refractivity contribution in [2.24, 2.45) is 0 Å². The number of carboxylic acid groups (broad SMARTS) is 1. The average molecular weight is 276 g/mol. The maximum Gasteiger partial charge on any atom is 0.310 e. The summed E-state index contributed by atoms with van der Waals surface area (Å²) in [6, 6.07) is 11.4. The molecule has 0 amide bonds. The second-order valence-corrected chi connectivity index (χ2v) is 4.35. The van der Waals surface area contributed by atoms with E-state index in [-0.39, 0.29) is 6.61 Å². The number of rotatable bonds is 3. The van der Waals surface area contributed by atoms with Crippen LogP contribution < -0.4 is 4.74 Å². The first-order valence-electron chi connectivity index (χ1n) is 6.44. The lowest BCUT2D eigenvalue weighted by Crippen LogP contribution is -2.06. The van der Waals surface area contributed by atoms with Gasteiger partial charge < -0.3 is 14.9 Å². The van der Waals surface area contributed by atoms with Crippen LogP contribution in [0.4, 0.5) is 0 Å². The Bertz CT molecular complexity index is 578. The van der Waals surface area contributed by atoms with Crippen molar-refractivity contribution in [3.05, 3.63) is 42.0 Å². The number of carboxylic acids is 1. The van der Waals surface area contributed by atoms with E-state index < -0.39 is 11.9 Å². The van der Waals surface area contributed by atoms with Gasteiger partial charge >= 0.3 is 5.97 Å². The van der Waals surface area contributed by atoms with Crippen molar-refractivity contribution in [1.82, 2.24) is 0 Å². The molecule has 2 rings (SSSR count). The quantitative estimate of drug-likeness (QED) is 0.904. The SMILES string of the molecule is CCO.COc1ccc2cc([C@H](C)C(=O)O)ccc2c1. The van der Waals surface area contributed by atoms with E-state index >= 15 is 0 Å². The largest absolute Gasteiger partial charge is 0.497 e. The molecule has 2 N–H and O–H groups in total. The van der Waals surface area contributed by atoms with Gasteiger partial charge in [-0.05, 0) is 42.3 Å². The minimum atomic E-state index is -0.808. The molecule has 0 aliphatic rings. The number of hydrogen-bond donors (Lipinski definition) is 2. The molecule has 2 aromatic carbocycles. The van der Waals surface area contributed by atoms with E-state index in [1.807, 2.05) is 36.4 Å². The molecule has 0 unspecified atom stereocenters. The van der Waals surface area contributed by atoms with Crippen molar-refractivity contribution >= 4 is 16.7 Å². The fourth-order valence-electron chi connectivity index (χ4n) is 1.78. The fraction of sp³-hybridized carbons (Fsp3) is 0.312. The molecule has 0 fully saturated rings. The second-order valence-electron chi connectivity index (χ2n) is 4.35. The van der Waals surface area contributed by atoms with Crippen LogP contribution in [0, 0.1) is 0 Å². The molecule has 20 heavy (non-hydrogen) atoms. The first kappa shape index (κ1) is 16.0. The van der Waals surface area contributed by atoms with E-state index in [4.69, 9.17) is 14.9 Å². The molecule has 0 radical (unpaired) electrons. The molecule has 0 saturated carbocycles. The van der Waals surface area contributed by atoms with Crippen molar-refractivity contribution in [1.29, 1.82) is 0 Å². The minimum absolute atomic E-state index is 0.250. The molecule has 0 bridgehead atoms. The molecule has 0 aliphatic heterocycles. The van der Waals surface area contributed by atoms with Gasteiger partial charge in [0.1, 0.15) is 5.75 Å². The van der Waals surface area contributed by atoms with Gasteiger partial charge in [0.25, 0.3) is 0 Å². The second kappa shape index (κ2) is 7.50. The number of benzene rings is 2. The van der Waals surface area contributed by atoms with E-state index in [9.17, 15) is 4.79 Å². The highest BCUT2D eigenvalue weighted by molar-refractivity contribution is 5.86. The lowest BCUT2D eigenvalue weighted by Gasteiger charge is -2.08. The number of aliphatic hydroxyl groups excluding tert-OH is 1. The maximum atomic E-state index is 10.9. The number of carbonyl (C=O) groups is 1. The van der Waals surface area contributed by atoms with E-state index in [0.29, 0.717) is 0 Å². The summed E-state index contributed by atoms with van der Waals surface area (Å²) in [5.41, 5.74) is 0.815. The van der Waals surface area contributed by atoms with E-state index in [1.165, 1.54) is 0 Å². The Kier molecular flexibility index (Phi) is 6.00. The van der Waals surface area contributed by atoms with Gasteiger partial charge in [-0.25, -0.2) is 0 Å². The zero-order valence-electron chi connectivity index (χ0n) is 12.0. The highest BCUT2D eigenvalue weighted by Crippen LogP contribution is 2.25. The zero-order valence-corrected chi connectivity index (χ0v) is 12.0. The van der Waals surface area contributed by atoms with Crippen LogP contribution in [0.1, 0.15) is 25.3 Å². The standard InChI is InChI=1S/C14H14O3.C2H6O/c1-9(14(15)16)10-3-4-12-8-13(17-2)6-5-11(12)7-10;1-2-3/h3-9H,1-2H3,(H,15,16);3H,2H2,1H3/t9-;/m0./s1. The molecule has 108 valence electrons. The van der Waals surface area contributed by atoms with Crippen molar-refractivity contribution in [3.8, 4) is 5.75 Å². The van der Waals surface area contributed by atoms with E-state index in [2.05, 4.69) is 0 Å². The Labute approximate surface area is 118 Å². The number of ether oxygens (including phenoxy) is 1. The summed E-state index contributed by atoms with van der Waals surface area (Å²) in [5.74, 6) is -0.490. The molecule has 0 spiro atoms. The topological polar surface area (TPSA) is 66.8 Å². The number of hydrogen-bond acceptors (Lipinski definition) is 3. The highest BCUT2D eigenvalue weighted by Gasteiger charge is 2.13. The third-order valence-corrected chi connectivity index (χ3v) is 2.94. The predicted molar refractivity (Wildman–Crippen MR) is 79.3 cm³/mol. The van der Waals surface area contributed by atoms with Crippen LogP contribution in [0.3, 0.4) is 0 Å². The molecule has 1 atom stereocenters.